The van der Waals surface area contributed by atoms with Crippen molar-refractivity contribution >= 4 is 5.78 Å². The summed E-state index contributed by atoms with van der Waals surface area (Å²) >= 11 is 0. The second-order valence-corrected chi connectivity index (χ2v) is 3.37. The summed E-state index contributed by atoms with van der Waals surface area (Å²) in [6.45, 7) is 0. The van der Waals surface area contributed by atoms with E-state index in [9.17, 15) is 70.7 Å². The number of halogens is 15. The van der Waals surface area contributed by atoms with Crippen molar-refractivity contribution in [3.63, 3.8) is 0 Å². The summed E-state index contributed by atoms with van der Waals surface area (Å²) in [6, 6.07) is 0. The van der Waals surface area contributed by atoms with Crippen LogP contribution in [-0.2, 0) is 4.79 Å². The van der Waals surface area contributed by atoms with Crippen LogP contribution in [0.25, 0.3) is 0 Å². The number of hydrogen-bond donors (Lipinski definition) is 0. The number of rotatable bonds is 2. The molecule has 0 aromatic carbocycles. The van der Waals surface area contributed by atoms with Crippen molar-refractivity contribution in [2.24, 2.45) is 0 Å². The summed E-state index contributed by atoms with van der Waals surface area (Å²) in [5.74, 6) is -16.9. The van der Waals surface area contributed by atoms with E-state index in [4.69, 9.17) is 0 Å². The normalized spacial score (nSPS) is 14.8. The van der Waals surface area contributed by atoms with Gasteiger partial charge in [-0.15, -0.1) is 0 Å². The van der Waals surface area contributed by atoms with Crippen LogP contribution in [0.5, 0.6) is 0 Å². The Labute approximate surface area is 120 Å². The third-order valence-electron chi connectivity index (χ3n) is 1.52. The highest BCUT2D eigenvalue weighted by molar-refractivity contribution is 5.90. The van der Waals surface area contributed by atoms with Gasteiger partial charge in [-0.2, -0.15) is 57.1 Å². The number of allylic oxidation sites excluding steroid dienone is 2. The molecular formula is C8HF15O. The number of alkyl halides is 13. The summed E-state index contributed by atoms with van der Waals surface area (Å²) in [5.41, 5.74) is 0. The molecule has 0 aromatic heterocycles. The van der Waals surface area contributed by atoms with Crippen molar-refractivity contribution in [2.75, 3.05) is 0 Å². The Bertz CT molecular complexity index is 439. The minimum atomic E-state index is -5.94. The fourth-order valence-electron chi connectivity index (χ4n) is 0.537. The van der Waals surface area contributed by atoms with E-state index >= 15 is 0 Å². The van der Waals surface area contributed by atoms with Gasteiger partial charge in [-0.25, -0.2) is 8.78 Å². The Hall–Kier alpha value is -1.64. The van der Waals surface area contributed by atoms with Gasteiger partial charge in [-0.1, -0.05) is 0 Å². The Kier molecular flexibility index (Phi) is 7.69. The van der Waals surface area contributed by atoms with Crippen LogP contribution in [0.2, 0.25) is 0 Å². The molecule has 0 rings (SSSR count). The molecule has 0 aliphatic carbocycles. The van der Waals surface area contributed by atoms with Crippen molar-refractivity contribution in [1.29, 1.82) is 0 Å². The molecule has 0 aromatic rings. The van der Waals surface area contributed by atoms with Crippen molar-refractivity contribution in [3.05, 3.63) is 11.7 Å². The lowest BCUT2D eigenvalue weighted by atomic mass is 10.2. The average Bonchev–Trinajstić information content (AvgIpc) is 2.33. The van der Waals surface area contributed by atoms with Gasteiger partial charge in [0, 0.05) is 0 Å². The SMILES string of the molecule is FC(=C(F)C(F)(F)F)C(F)(F)F.O=C(C(F)(F)F)C(F)(F)C(F)F. The molecule has 0 aliphatic rings. The van der Waals surface area contributed by atoms with Gasteiger partial charge in [0.1, 0.15) is 0 Å². The minimum Gasteiger partial charge on any atom is -0.282 e. The molecule has 0 aliphatic heterocycles. The summed E-state index contributed by atoms with van der Waals surface area (Å²) in [6.07, 6.45) is -22.5. The zero-order valence-electron chi connectivity index (χ0n) is 10.2. The lowest BCUT2D eigenvalue weighted by molar-refractivity contribution is -0.212. The number of carbonyl (C=O) groups is 1. The third-order valence-corrected chi connectivity index (χ3v) is 1.52. The Morgan fingerprint density at radius 1 is 0.583 bits per heavy atom. The van der Waals surface area contributed by atoms with Gasteiger partial charge in [0.15, 0.2) is 0 Å². The first-order valence-corrected chi connectivity index (χ1v) is 4.64. The fraction of sp³-hybridized carbons (Fsp3) is 0.625. The molecule has 0 N–H and O–H groups in total. The van der Waals surface area contributed by atoms with Crippen molar-refractivity contribution < 1.29 is 70.7 Å². The summed E-state index contributed by atoms with van der Waals surface area (Å²) in [7, 11) is 0. The highest BCUT2D eigenvalue weighted by Gasteiger charge is 2.60. The molecule has 0 fully saturated rings. The van der Waals surface area contributed by atoms with E-state index in [0.29, 0.717) is 0 Å². The summed E-state index contributed by atoms with van der Waals surface area (Å²) in [4.78, 5) is 9.57. The number of ketones is 1. The number of hydrogen-bond acceptors (Lipinski definition) is 1. The van der Waals surface area contributed by atoms with Gasteiger partial charge < -0.3 is 0 Å². The van der Waals surface area contributed by atoms with Crippen LogP contribution < -0.4 is 0 Å². The lowest BCUT2D eigenvalue weighted by Crippen LogP contribution is -2.45. The average molecular weight is 398 g/mol. The van der Waals surface area contributed by atoms with Crippen LogP contribution in [0.3, 0.4) is 0 Å². The third kappa shape index (κ3) is 7.29. The Morgan fingerprint density at radius 3 is 0.917 bits per heavy atom. The quantitative estimate of drug-likeness (QED) is 0.579. The highest BCUT2D eigenvalue weighted by atomic mass is 19.4. The Balaban J connectivity index is 0. The van der Waals surface area contributed by atoms with E-state index in [1.54, 1.807) is 0 Å². The maximum atomic E-state index is 11.6. The van der Waals surface area contributed by atoms with E-state index in [2.05, 4.69) is 0 Å². The Morgan fingerprint density at radius 2 is 0.833 bits per heavy atom. The van der Waals surface area contributed by atoms with Crippen LogP contribution in [-0.4, -0.2) is 36.7 Å². The number of Topliss-reactive ketones (excluding diaryl/α,β-unsaturated/α-hetero) is 1. The van der Waals surface area contributed by atoms with Crippen LogP contribution in [0.15, 0.2) is 11.7 Å². The largest absolute Gasteiger partial charge is 0.456 e. The van der Waals surface area contributed by atoms with Gasteiger partial charge in [-0.3, -0.25) is 4.79 Å². The second kappa shape index (κ2) is 7.50. The molecule has 0 heterocycles. The molecule has 0 spiro atoms. The van der Waals surface area contributed by atoms with E-state index in [0.717, 1.165) is 0 Å². The predicted molar refractivity (Wildman–Crippen MR) is 43.4 cm³/mol. The summed E-state index contributed by atoms with van der Waals surface area (Å²) in [5, 5.41) is 0. The van der Waals surface area contributed by atoms with Crippen LogP contribution in [0.1, 0.15) is 0 Å². The minimum absolute atomic E-state index is 3.73. The predicted octanol–water partition coefficient (Wildman–Crippen LogP) is 5.28. The van der Waals surface area contributed by atoms with Crippen LogP contribution in [0.4, 0.5) is 65.9 Å². The topological polar surface area (TPSA) is 17.1 Å². The zero-order chi connectivity index (χ0) is 20.3. The van der Waals surface area contributed by atoms with Gasteiger partial charge >= 0.3 is 36.7 Å². The molecule has 0 radical (unpaired) electrons. The van der Waals surface area contributed by atoms with Gasteiger partial charge in [0.2, 0.25) is 11.7 Å². The van der Waals surface area contributed by atoms with E-state index < -0.39 is 48.3 Å². The molecule has 0 saturated heterocycles. The monoisotopic (exact) mass is 398 g/mol. The van der Waals surface area contributed by atoms with Gasteiger partial charge in [0.05, 0.1) is 0 Å². The molecule has 144 valence electrons. The van der Waals surface area contributed by atoms with Crippen LogP contribution >= 0.6 is 0 Å². The molecule has 0 bridgehead atoms. The van der Waals surface area contributed by atoms with Crippen molar-refractivity contribution in [3.8, 4) is 0 Å². The molecule has 24 heavy (non-hydrogen) atoms. The van der Waals surface area contributed by atoms with Crippen LogP contribution in [0, 0.1) is 0 Å². The molecule has 16 heteroatoms. The first kappa shape index (κ1) is 24.6. The smallest absolute Gasteiger partial charge is 0.282 e. The molecular weight excluding hydrogens is 397 g/mol. The molecule has 1 nitrogen and oxygen atoms in total. The maximum Gasteiger partial charge on any atom is 0.456 e. The van der Waals surface area contributed by atoms with Crippen molar-refractivity contribution in [2.45, 2.75) is 30.9 Å². The fourth-order valence-corrected chi connectivity index (χ4v) is 0.537. The molecule has 0 amide bonds. The second-order valence-electron chi connectivity index (χ2n) is 3.37. The van der Waals surface area contributed by atoms with E-state index in [1.165, 1.54) is 0 Å². The van der Waals surface area contributed by atoms with E-state index in [1.807, 2.05) is 0 Å². The first-order chi connectivity index (χ1) is 10.2. The van der Waals surface area contributed by atoms with Crippen molar-refractivity contribution in [1.82, 2.24) is 0 Å². The van der Waals surface area contributed by atoms with E-state index in [-0.39, 0.29) is 0 Å². The summed E-state index contributed by atoms with van der Waals surface area (Å²) < 4.78 is 168. The maximum absolute atomic E-state index is 11.6. The van der Waals surface area contributed by atoms with Gasteiger partial charge in [0.25, 0.3) is 0 Å². The molecule has 0 atom stereocenters. The molecule has 0 unspecified atom stereocenters. The van der Waals surface area contributed by atoms with Gasteiger partial charge in [-0.05, 0) is 0 Å². The standard InChI is InChI=1S/C4F8.C4HF7O/c5-1(3(7,8)9)2(6)4(10,11)12;5-2(6)3(7,8)1(12)4(9,10)11/h;2H. The highest BCUT2D eigenvalue weighted by Crippen LogP contribution is 2.37. The number of carbonyl (C=O) groups excluding carboxylic acids is 1. The first-order valence-electron chi connectivity index (χ1n) is 4.64. The molecule has 0 saturated carbocycles. The zero-order valence-corrected chi connectivity index (χ0v) is 10.2. The lowest BCUT2D eigenvalue weighted by Gasteiger charge is -2.14.